The normalized spacial score (nSPS) is 27.4. The van der Waals surface area contributed by atoms with Crippen LogP contribution in [0.5, 0.6) is 11.5 Å². The van der Waals surface area contributed by atoms with Crippen molar-refractivity contribution >= 4 is 40.3 Å². The molecule has 0 spiro atoms. The molecule has 55 heavy (non-hydrogen) atoms. The third kappa shape index (κ3) is 7.93. The van der Waals surface area contributed by atoms with Gasteiger partial charge in [0.25, 0.3) is 0 Å². The number of ketones is 1. The maximum absolute atomic E-state index is 14.7. The Labute approximate surface area is 321 Å². The van der Waals surface area contributed by atoms with Crippen LogP contribution in [0.4, 0.5) is 5.82 Å². The van der Waals surface area contributed by atoms with Crippen molar-refractivity contribution in [3.05, 3.63) is 49.2 Å². The number of rotatable bonds is 15. The van der Waals surface area contributed by atoms with E-state index in [9.17, 15) is 24.3 Å². The van der Waals surface area contributed by atoms with Crippen molar-refractivity contribution < 1.29 is 38.5 Å². The maximum atomic E-state index is 14.7. The number of carbonyl (C=O) groups excluding carboxylic acids is 3. The molecule has 1 saturated heterocycles. The number of methoxy groups -OCH3 is 1. The van der Waals surface area contributed by atoms with Gasteiger partial charge < -0.3 is 29.5 Å². The topological polar surface area (TPSA) is 162 Å². The van der Waals surface area contributed by atoms with Crippen molar-refractivity contribution in [1.82, 2.24) is 19.7 Å². The van der Waals surface area contributed by atoms with Gasteiger partial charge in [0.1, 0.15) is 29.5 Å². The average molecular weight is 756 g/mol. The fourth-order valence-corrected chi connectivity index (χ4v) is 8.66. The number of fused-ring (bicyclic) bond motifs is 2. The van der Waals surface area contributed by atoms with Crippen LogP contribution in [-0.2, 0) is 23.9 Å². The number of hydrogen-bond donors (Lipinski definition) is 2. The van der Waals surface area contributed by atoms with E-state index in [1.165, 1.54) is 11.3 Å². The Kier molecular flexibility index (Phi) is 10.2. The molecule has 0 bridgehead atoms. The summed E-state index contributed by atoms with van der Waals surface area (Å²) in [6, 6.07) is 8.32. The zero-order valence-corrected chi connectivity index (χ0v) is 32.6. The van der Waals surface area contributed by atoms with E-state index in [1.807, 2.05) is 52.8 Å². The Morgan fingerprint density at radius 1 is 1.07 bits per heavy atom. The van der Waals surface area contributed by atoms with Crippen LogP contribution >= 0.6 is 0 Å². The summed E-state index contributed by atoms with van der Waals surface area (Å²) in [4.78, 5) is 61.1. The molecule has 3 aliphatic carbocycles. The second-order valence-corrected chi connectivity index (χ2v) is 17.4. The minimum absolute atomic E-state index is 0.0628. The van der Waals surface area contributed by atoms with Crippen LogP contribution in [0.3, 0.4) is 0 Å². The number of nitrogens with one attached hydrogen (secondary N) is 1. The molecule has 4 aliphatic rings. The number of aromatic nitrogens is 3. The fourth-order valence-electron chi connectivity index (χ4n) is 8.66. The number of anilines is 1. The van der Waals surface area contributed by atoms with E-state index < -0.39 is 40.8 Å². The van der Waals surface area contributed by atoms with Gasteiger partial charge in [-0.1, -0.05) is 26.8 Å². The van der Waals surface area contributed by atoms with Crippen LogP contribution in [0.25, 0.3) is 16.7 Å². The molecule has 4 fully saturated rings. The number of amides is 1. The molecule has 3 saturated carbocycles. The number of hydrogen-bond acceptors (Lipinski definition) is 10. The molecule has 13 nitrogen and oxygen atoms in total. The van der Waals surface area contributed by atoms with E-state index in [4.69, 9.17) is 19.2 Å². The third-order valence-corrected chi connectivity index (χ3v) is 12.0. The number of Topliss-reactive ketones (excluding diaryl/α,β-unsaturated/α-hetero) is 1. The van der Waals surface area contributed by atoms with Crippen LogP contribution in [0, 0.1) is 34.5 Å². The van der Waals surface area contributed by atoms with Crippen molar-refractivity contribution in [2.45, 2.75) is 104 Å². The van der Waals surface area contributed by atoms with Crippen LogP contribution in [0.1, 0.15) is 79.6 Å². The van der Waals surface area contributed by atoms with E-state index in [0.717, 1.165) is 12.8 Å². The van der Waals surface area contributed by atoms with Gasteiger partial charge in [-0.2, -0.15) is 0 Å². The van der Waals surface area contributed by atoms with Crippen molar-refractivity contribution in [3.63, 3.8) is 0 Å². The zero-order chi connectivity index (χ0) is 39.4. The second kappa shape index (κ2) is 14.6. The van der Waals surface area contributed by atoms with Gasteiger partial charge in [0.15, 0.2) is 11.6 Å². The summed E-state index contributed by atoms with van der Waals surface area (Å²) in [7, 11) is 1.58. The van der Waals surface area contributed by atoms with Crippen molar-refractivity contribution in [1.29, 1.82) is 0 Å². The molecule has 1 aliphatic heterocycles. The quantitative estimate of drug-likeness (QED) is 0.134. The zero-order valence-electron chi connectivity index (χ0n) is 32.6. The first-order valence-electron chi connectivity index (χ1n) is 19.4. The number of carboxylic acid groups (broad SMARTS) is 1. The predicted molar refractivity (Wildman–Crippen MR) is 205 cm³/mol. The summed E-state index contributed by atoms with van der Waals surface area (Å²) >= 11 is 0. The molecule has 1 amide bonds. The van der Waals surface area contributed by atoms with Crippen molar-refractivity contribution in [2.75, 3.05) is 19.0 Å². The Bertz CT molecular complexity index is 1990. The largest absolute Gasteiger partial charge is 0.497 e. The lowest BCUT2D eigenvalue weighted by atomic mass is 9.77. The number of likely N-dealkylation sites (tertiary alicyclic amines) is 1. The number of aliphatic carboxylic acids is 1. The highest BCUT2D eigenvalue weighted by atomic mass is 16.5. The number of carboxylic acids is 1. The first kappa shape index (κ1) is 38.3. The van der Waals surface area contributed by atoms with Gasteiger partial charge >= 0.3 is 11.9 Å². The number of pyridine rings is 1. The molecule has 2 unspecified atom stereocenters. The predicted octanol–water partition coefficient (Wildman–Crippen LogP) is 6.23. The molecule has 2 N–H and O–H groups in total. The number of ether oxygens (including phenoxy) is 3. The van der Waals surface area contributed by atoms with Gasteiger partial charge in [-0.05, 0) is 74.8 Å². The van der Waals surface area contributed by atoms with Crippen LogP contribution in [0.2, 0.25) is 0 Å². The molecule has 294 valence electrons. The molecule has 1 aromatic carbocycles. The number of benzene rings is 1. The van der Waals surface area contributed by atoms with E-state index in [-0.39, 0.29) is 55.6 Å². The molecule has 7 rings (SSSR count). The Morgan fingerprint density at radius 3 is 2.45 bits per heavy atom. The molecule has 3 heterocycles. The molecule has 2 aromatic heterocycles. The van der Waals surface area contributed by atoms with Crippen LogP contribution in [0.15, 0.2) is 49.2 Å². The Hall–Kier alpha value is -4.94. The number of carbonyl (C=O) groups is 4. The summed E-state index contributed by atoms with van der Waals surface area (Å²) in [5.41, 5.74) is -1.29. The van der Waals surface area contributed by atoms with Gasteiger partial charge in [-0.3, -0.25) is 19.2 Å². The van der Waals surface area contributed by atoms with Crippen LogP contribution < -0.4 is 14.8 Å². The monoisotopic (exact) mass is 755 g/mol. The lowest BCUT2D eigenvalue weighted by Crippen LogP contribution is -2.48. The van der Waals surface area contributed by atoms with Crippen LogP contribution in [-0.4, -0.2) is 86.3 Å². The number of esters is 1. The molecule has 0 radical (unpaired) electrons. The highest BCUT2D eigenvalue weighted by molar-refractivity contribution is 5.95. The first-order valence-corrected chi connectivity index (χ1v) is 19.4. The van der Waals surface area contributed by atoms with Gasteiger partial charge in [-0.15, -0.1) is 11.7 Å². The first-order chi connectivity index (χ1) is 26.1. The minimum atomic E-state index is -1.25. The molecular weight excluding hydrogens is 702 g/mol. The summed E-state index contributed by atoms with van der Waals surface area (Å²) < 4.78 is 19.7. The minimum Gasteiger partial charge on any atom is -0.497 e. The highest BCUT2D eigenvalue weighted by Crippen LogP contribution is 2.57. The second-order valence-electron chi connectivity index (χ2n) is 17.4. The van der Waals surface area contributed by atoms with E-state index in [0.29, 0.717) is 52.3 Å². The summed E-state index contributed by atoms with van der Waals surface area (Å²) in [6.45, 7) is 13.6. The lowest BCUT2D eigenvalue weighted by Gasteiger charge is -2.35. The molecule has 3 aromatic rings. The van der Waals surface area contributed by atoms with Gasteiger partial charge in [0.2, 0.25) is 5.91 Å². The molecule has 8 atom stereocenters. The SMILES string of the molecule is C=C[C@@H]1C[C@]1(CC(=O)[C@@H]1C[C@@H](Oc2cc(-n3ccc(NC(C)C)n3)nc3cc(OC)ccc23)CN1C(=O)C(CC(=O)OC1C[C@@H]2C[C@@H]2C1)C(C)(C)C)C(=O)O. The van der Waals surface area contributed by atoms with E-state index >= 15 is 0 Å². The fraction of sp³-hybridized carbons (Fsp3) is 0.571. The van der Waals surface area contributed by atoms with Crippen molar-refractivity contribution in [2.24, 2.45) is 34.5 Å². The Balaban J connectivity index is 1.19. The third-order valence-electron chi connectivity index (χ3n) is 12.0. The van der Waals surface area contributed by atoms with Crippen molar-refractivity contribution in [3.8, 4) is 17.3 Å². The van der Waals surface area contributed by atoms with E-state index in [1.54, 1.807) is 36.2 Å². The average Bonchev–Trinajstić information content (AvgIpc) is 3.79. The summed E-state index contributed by atoms with van der Waals surface area (Å²) in [5, 5.41) is 18.8. The highest BCUT2D eigenvalue weighted by Gasteiger charge is 2.61. The molecule has 13 heteroatoms. The maximum Gasteiger partial charge on any atom is 0.310 e. The molecular formula is C42H53N5O8. The smallest absolute Gasteiger partial charge is 0.310 e. The Morgan fingerprint density at radius 2 is 1.82 bits per heavy atom. The van der Waals surface area contributed by atoms with Gasteiger partial charge in [0.05, 0.1) is 43.0 Å². The number of allylic oxidation sites excluding steroid dienone is 1. The van der Waals surface area contributed by atoms with Gasteiger partial charge in [-0.25, -0.2) is 9.67 Å². The van der Waals surface area contributed by atoms with Gasteiger partial charge in [0, 0.05) is 48.7 Å². The summed E-state index contributed by atoms with van der Waals surface area (Å²) in [6.07, 6.45) is 5.68. The standard InChI is InChI=1S/C42H53N5O8/c1-8-26-20-42(26,40(51)52)21-34(48)33-17-29(22-46(33)39(50)31(41(4,5)6)18-38(49)55-28-14-24-13-25(24)15-28)54-35-19-37(47-12-11-36(45-47)43-23(2)3)44-32-16-27(53-7)9-10-30(32)35/h8-12,16,19,23-26,28-29,31,33H,1,13-15,17-18,20-22H2,2-7H3,(H,43,45)(H,51,52)/t24-,25+,26-,28?,29-,31?,33+,42-/m1/s1. The summed E-state index contributed by atoms with van der Waals surface area (Å²) in [5.74, 6) is 0.258. The number of nitrogens with zero attached hydrogens (tertiary/aromatic N) is 4. The lowest BCUT2D eigenvalue weighted by molar-refractivity contribution is -0.157. The van der Waals surface area contributed by atoms with E-state index in [2.05, 4.69) is 17.0 Å².